The van der Waals surface area contributed by atoms with Crippen LogP contribution < -0.4 is 5.32 Å². The number of carbonyl (C=O) groups excluding carboxylic acids is 1. The van der Waals surface area contributed by atoms with Crippen LogP contribution in [0.2, 0.25) is 0 Å². The SMILES string of the molecule is COC(CNC(=O)N1CCC(O)C(C)C1)C(=O)O. The number of likely N-dealkylation sites (tertiary alicyclic amines) is 1. The number of carbonyl (C=O) groups is 2. The molecule has 0 aromatic carbocycles. The van der Waals surface area contributed by atoms with Crippen LogP contribution in [0.1, 0.15) is 13.3 Å². The minimum absolute atomic E-state index is 0.0298. The maximum Gasteiger partial charge on any atom is 0.334 e. The van der Waals surface area contributed by atoms with E-state index in [0.717, 1.165) is 0 Å². The Bertz CT molecular complexity index is 310. The average molecular weight is 260 g/mol. The van der Waals surface area contributed by atoms with Gasteiger partial charge in [0, 0.05) is 20.2 Å². The number of ether oxygens (including phenoxy) is 1. The average Bonchev–Trinajstić information content (AvgIpc) is 2.32. The molecule has 1 rings (SSSR count). The summed E-state index contributed by atoms with van der Waals surface area (Å²) in [6, 6.07) is -0.322. The Kier molecular flexibility index (Phi) is 5.36. The van der Waals surface area contributed by atoms with Gasteiger partial charge >= 0.3 is 12.0 Å². The van der Waals surface area contributed by atoms with Crippen molar-refractivity contribution in [2.45, 2.75) is 25.6 Å². The van der Waals surface area contributed by atoms with E-state index in [1.54, 1.807) is 4.90 Å². The molecule has 1 saturated heterocycles. The second-order valence-corrected chi connectivity index (χ2v) is 4.53. The molecule has 3 N–H and O–H groups in total. The summed E-state index contributed by atoms with van der Waals surface area (Å²) in [5, 5.41) is 20.8. The van der Waals surface area contributed by atoms with Gasteiger partial charge in [-0.2, -0.15) is 0 Å². The van der Waals surface area contributed by atoms with E-state index in [-0.39, 0.29) is 24.6 Å². The topological polar surface area (TPSA) is 99.1 Å². The molecular formula is C11H20N2O5. The van der Waals surface area contributed by atoms with Crippen molar-refractivity contribution in [2.75, 3.05) is 26.7 Å². The molecule has 0 radical (unpaired) electrons. The zero-order chi connectivity index (χ0) is 13.7. The second-order valence-electron chi connectivity index (χ2n) is 4.53. The van der Waals surface area contributed by atoms with Crippen LogP contribution in [-0.4, -0.2) is 66.1 Å². The number of hydrogen-bond acceptors (Lipinski definition) is 4. The minimum atomic E-state index is -1.11. The molecule has 0 aromatic heterocycles. The maximum atomic E-state index is 11.8. The van der Waals surface area contributed by atoms with Gasteiger partial charge in [-0.15, -0.1) is 0 Å². The Morgan fingerprint density at radius 3 is 2.72 bits per heavy atom. The van der Waals surface area contributed by atoms with Gasteiger partial charge in [0.1, 0.15) is 0 Å². The summed E-state index contributed by atoms with van der Waals surface area (Å²) in [5.41, 5.74) is 0. The Balaban J connectivity index is 2.39. The summed E-state index contributed by atoms with van der Waals surface area (Å²) < 4.78 is 4.71. The van der Waals surface area contributed by atoms with Gasteiger partial charge in [0.15, 0.2) is 6.10 Å². The Morgan fingerprint density at radius 2 is 2.22 bits per heavy atom. The number of hydrogen-bond donors (Lipinski definition) is 3. The summed E-state index contributed by atoms with van der Waals surface area (Å²) in [5.74, 6) is -1.08. The third kappa shape index (κ3) is 3.85. The van der Waals surface area contributed by atoms with Gasteiger partial charge in [0.25, 0.3) is 0 Å². The fourth-order valence-corrected chi connectivity index (χ4v) is 1.88. The van der Waals surface area contributed by atoms with Crippen molar-refractivity contribution in [3.8, 4) is 0 Å². The number of methoxy groups -OCH3 is 1. The number of amides is 2. The van der Waals surface area contributed by atoms with Crippen LogP contribution in [0.15, 0.2) is 0 Å². The van der Waals surface area contributed by atoms with Gasteiger partial charge < -0.3 is 25.2 Å². The molecule has 7 heteroatoms. The van der Waals surface area contributed by atoms with Crippen LogP contribution in [-0.2, 0) is 9.53 Å². The number of nitrogens with zero attached hydrogens (tertiary/aromatic N) is 1. The fourth-order valence-electron chi connectivity index (χ4n) is 1.88. The summed E-state index contributed by atoms with van der Waals surface area (Å²) in [6.07, 6.45) is -0.872. The van der Waals surface area contributed by atoms with Gasteiger partial charge in [-0.3, -0.25) is 0 Å². The van der Waals surface area contributed by atoms with E-state index < -0.39 is 12.1 Å². The first-order chi connectivity index (χ1) is 8.45. The molecule has 1 fully saturated rings. The maximum absolute atomic E-state index is 11.8. The second kappa shape index (κ2) is 6.55. The highest BCUT2D eigenvalue weighted by Crippen LogP contribution is 2.16. The Labute approximate surface area is 106 Å². The van der Waals surface area contributed by atoms with Gasteiger partial charge in [0.2, 0.25) is 0 Å². The smallest absolute Gasteiger partial charge is 0.334 e. The van der Waals surface area contributed by atoms with Crippen LogP contribution in [0.4, 0.5) is 4.79 Å². The van der Waals surface area contributed by atoms with Gasteiger partial charge in [-0.05, 0) is 12.3 Å². The molecule has 18 heavy (non-hydrogen) atoms. The first kappa shape index (κ1) is 14.7. The summed E-state index contributed by atoms with van der Waals surface area (Å²) in [6.45, 7) is 2.75. The lowest BCUT2D eigenvalue weighted by atomic mass is 9.97. The Hall–Kier alpha value is -1.34. The third-order valence-electron chi connectivity index (χ3n) is 3.15. The Morgan fingerprint density at radius 1 is 1.56 bits per heavy atom. The van der Waals surface area contributed by atoms with E-state index in [9.17, 15) is 14.7 Å². The fraction of sp³-hybridized carbons (Fsp3) is 0.818. The molecule has 1 aliphatic heterocycles. The van der Waals surface area contributed by atoms with Crippen LogP contribution >= 0.6 is 0 Å². The van der Waals surface area contributed by atoms with Gasteiger partial charge in [0.05, 0.1) is 12.6 Å². The van der Waals surface area contributed by atoms with Crippen LogP contribution in [0, 0.1) is 5.92 Å². The molecule has 0 saturated carbocycles. The quantitative estimate of drug-likeness (QED) is 0.633. The van der Waals surface area contributed by atoms with Crippen LogP contribution in [0.25, 0.3) is 0 Å². The standard InChI is InChI=1S/C11H20N2O5/c1-7-6-13(4-3-8(7)14)11(17)12-5-9(18-2)10(15)16/h7-9,14H,3-6H2,1-2H3,(H,12,17)(H,15,16). The highest BCUT2D eigenvalue weighted by atomic mass is 16.5. The van der Waals surface area contributed by atoms with E-state index in [4.69, 9.17) is 9.84 Å². The number of aliphatic hydroxyl groups excluding tert-OH is 1. The first-order valence-corrected chi connectivity index (χ1v) is 5.92. The summed E-state index contributed by atoms with van der Waals surface area (Å²) in [7, 11) is 1.28. The number of nitrogens with one attached hydrogen (secondary N) is 1. The van der Waals surface area contributed by atoms with Crippen molar-refractivity contribution in [1.82, 2.24) is 10.2 Å². The molecular weight excluding hydrogens is 240 g/mol. The van der Waals surface area contributed by atoms with E-state index >= 15 is 0 Å². The van der Waals surface area contributed by atoms with Gasteiger partial charge in [-0.25, -0.2) is 9.59 Å². The third-order valence-corrected chi connectivity index (χ3v) is 3.15. The van der Waals surface area contributed by atoms with E-state index in [0.29, 0.717) is 19.5 Å². The van der Waals surface area contributed by atoms with Crippen LogP contribution in [0.5, 0.6) is 0 Å². The highest BCUT2D eigenvalue weighted by molar-refractivity contribution is 5.77. The largest absolute Gasteiger partial charge is 0.479 e. The molecule has 1 aliphatic rings. The molecule has 3 unspecified atom stereocenters. The monoisotopic (exact) mass is 260 g/mol. The summed E-state index contributed by atoms with van der Waals surface area (Å²) >= 11 is 0. The number of aliphatic hydroxyl groups is 1. The molecule has 0 aliphatic carbocycles. The van der Waals surface area contributed by atoms with E-state index in [2.05, 4.69) is 5.32 Å². The van der Waals surface area contributed by atoms with Crippen molar-refractivity contribution in [1.29, 1.82) is 0 Å². The molecule has 1 heterocycles. The molecule has 0 aromatic rings. The van der Waals surface area contributed by atoms with Crippen molar-refractivity contribution in [3.05, 3.63) is 0 Å². The number of rotatable bonds is 4. The normalized spacial score (nSPS) is 25.6. The van der Waals surface area contributed by atoms with Crippen molar-refractivity contribution in [2.24, 2.45) is 5.92 Å². The lowest BCUT2D eigenvalue weighted by molar-refractivity contribution is -0.148. The van der Waals surface area contributed by atoms with E-state index in [1.165, 1.54) is 7.11 Å². The molecule has 3 atom stereocenters. The molecule has 0 spiro atoms. The van der Waals surface area contributed by atoms with Crippen LogP contribution in [0.3, 0.4) is 0 Å². The predicted molar refractivity (Wildman–Crippen MR) is 63.2 cm³/mol. The summed E-state index contributed by atoms with van der Waals surface area (Å²) in [4.78, 5) is 24.0. The zero-order valence-electron chi connectivity index (χ0n) is 10.6. The van der Waals surface area contributed by atoms with Crippen molar-refractivity contribution in [3.63, 3.8) is 0 Å². The van der Waals surface area contributed by atoms with Crippen molar-refractivity contribution >= 4 is 12.0 Å². The lowest BCUT2D eigenvalue weighted by Crippen LogP contribution is -2.50. The van der Waals surface area contributed by atoms with Gasteiger partial charge in [-0.1, -0.05) is 6.92 Å². The van der Waals surface area contributed by atoms with Crippen molar-refractivity contribution < 1.29 is 24.5 Å². The number of urea groups is 1. The molecule has 104 valence electrons. The van der Waals surface area contributed by atoms with E-state index in [1.807, 2.05) is 6.92 Å². The predicted octanol–water partition coefficient (Wildman–Crippen LogP) is -0.502. The zero-order valence-corrected chi connectivity index (χ0v) is 10.6. The number of piperidine rings is 1. The number of carboxylic acid groups (broad SMARTS) is 1. The molecule has 0 bridgehead atoms. The number of carboxylic acids is 1. The minimum Gasteiger partial charge on any atom is -0.479 e. The molecule has 2 amide bonds. The lowest BCUT2D eigenvalue weighted by Gasteiger charge is -2.34. The molecule has 7 nitrogen and oxygen atoms in total. The highest BCUT2D eigenvalue weighted by Gasteiger charge is 2.27. The number of aliphatic carboxylic acids is 1. The first-order valence-electron chi connectivity index (χ1n) is 5.92.